The fourth-order valence-corrected chi connectivity index (χ4v) is 0.682. The number of rotatable bonds is 5. The molecule has 0 rings (SSSR count). The van der Waals surface area contributed by atoms with Crippen LogP contribution in [0.3, 0.4) is 0 Å². The van der Waals surface area contributed by atoms with Gasteiger partial charge >= 0.3 is 0 Å². The monoisotopic (exact) mass is 206 g/mol. The highest BCUT2D eigenvalue weighted by Crippen LogP contribution is 1.91. The quantitative estimate of drug-likeness (QED) is 0.508. The van der Waals surface area contributed by atoms with Gasteiger partial charge in [-0.1, -0.05) is 13.8 Å². The Morgan fingerprint density at radius 1 is 0.917 bits per heavy atom. The standard InChI is InChI=1S/C8H14O2S2/c1-3-7(11)9-5-6-10-8(12)4-2/h3-6H2,1-2H3. The van der Waals surface area contributed by atoms with Crippen molar-refractivity contribution in [1.29, 1.82) is 0 Å². The van der Waals surface area contributed by atoms with Gasteiger partial charge in [-0.15, -0.1) is 0 Å². The van der Waals surface area contributed by atoms with Crippen LogP contribution in [0.5, 0.6) is 0 Å². The number of hydrogen-bond donors (Lipinski definition) is 0. The van der Waals surface area contributed by atoms with E-state index in [0.29, 0.717) is 23.3 Å². The maximum atomic E-state index is 5.13. The molecule has 0 spiro atoms. The van der Waals surface area contributed by atoms with Gasteiger partial charge in [-0.3, -0.25) is 0 Å². The first kappa shape index (κ1) is 11.8. The molecule has 0 amide bonds. The molecule has 0 bridgehead atoms. The second-order valence-electron chi connectivity index (χ2n) is 2.15. The third-order valence-electron chi connectivity index (χ3n) is 1.19. The topological polar surface area (TPSA) is 18.5 Å². The molecule has 4 heteroatoms. The molecule has 0 aliphatic carbocycles. The summed E-state index contributed by atoms with van der Waals surface area (Å²) < 4.78 is 10.3. The minimum absolute atomic E-state index is 0.493. The van der Waals surface area contributed by atoms with Crippen LogP contribution >= 0.6 is 24.4 Å². The largest absolute Gasteiger partial charge is 0.484 e. The molecule has 0 aromatic carbocycles. The van der Waals surface area contributed by atoms with E-state index in [2.05, 4.69) is 0 Å². The molecule has 0 heterocycles. The van der Waals surface area contributed by atoms with Crippen molar-refractivity contribution in [3.05, 3.63) is 0 Å². The van der Waals surface area contributed by atoms with Crippen molar-refractivity contribution < 1.29 is 9.47 Å². The summed E-state index contributed by atoms with van der Waals surface area (Å²) in [6.07, 6.45) is 1.54. The molecule has 0 radical (unpaired) electrons. The van der Waals surface area contributed by atoms with Gasteiger partial charge in [0.1, 0.15) is 13.2 Å². The summed E-state index contributed by atoms with van der Waals surface area (Å²) in [7, 11) is 0. The molecule has 0 aliphatic heterocycles. The maximum Gasteiger partial charge on any atom is 0.159 e. The molecule has 0 unspecified atom stereocenters. The van der Waals surface area contributed by atoms with E-state index in [1.807, 2.05) is 13.8 Å². The smallest absolute Gasteiger partial charge is 0.159 e. The van der Waals surface area contributed by atoms with Crippen molar-refractivity contribution in [2.75, 3.05) is 13.2 Å². The Kier molecular flexibility index (Phi) is 7.29. The summed E-state index contributed by atoms with van der Waals surface area (Å²) in [5.74, 6) is 0. The summed E-state index contributed by atoms with van der Waals surface area (Å²) in [5.41, 5.74) is 0. The molecule has 0 aliphatic rings. The van der Waals surface area contributed by atoms with Gasteiger partial charge in [-0.25, -0.2) is 0 Å². The molecule has 0 saturated heterocycles. The van der Waals surface area contributed by atoms with Gasteiger partial charge < -0.3 is 9.47 Å². The molecule has 70 valence electrons. The molecule has 0 N–H and O–H groups in total. The molecule has 0 fully saturated rings. The maximum absolute atomic E-state index is 5.13. The van der Waals surface area contributed by atoms with Crippen molar-refractivity contribution in [1.82, 2.24) is 0 Å². The Labute approximate surface area is 84.2 Å². The molecule has 0 atom stereocenters. The van der Waals surface area contributed by atoms with Crippen molar-refractivity contribution in [2.45, 2.75) is 26.7 Å². The molecule has 0 saturated carbocycles. The average Bonchev–Trinajstić information content (AvgIpc) is 2.11. The second-order valence-corrected chi connectivity index (χ2v) is 3.06. The van der Waals surface area contributed by atoms with Crippen LogP contribution in [0, 0.1) is 0 Å². The van der Waals surface area contributed by atoms with E-state index in [9.17, 15) is 0 Å². The van der Waals surface area contributed by atoms with Gasteiger partial charge in [0.05, 0.1) is 0 Å². The zero-order chi connectivity index (χ0) is 9.40. The fourth-order valence-electron chi connectivity index (χ4n) is 0.515. The number of hydrogen-bond acceptors (Lipinski definition) is 4. The van der Waals surface area contributed by atoms with E-state index < -0.39 is 0 Å². The summed E-state index contributed by atoms with van der Waals surface area (Å²) in [6.45, 7) is 4.90. The van der Waals surface area contributed by atoms with Crippen LogP contribution in [0.1, 0.15) is 26.7 Å². The first-order valence-electron chi connectivity index (χ1n) is 4.02. The Bertz CT molecular complexity index is 139. The van der Waals surface area contributed by atoms with Crippen LogP contribution in [0.4, 0.5) is 0 Å². The Morgan fingerprint density at radius 3 is 1.50 bits per heavy atom. The first-order valence-corrected chi connectivity index (χ1v) is 4.83. The van der Waals surface area contributed by atoms with Crippen LogP contribution < -0.4 is 0 Å². The van der Waals surface area contributed by atoms with E-state index >= 15 is 0 Å². The van der Waals surface area contributed by atoms with Crippen LogP contribution in [0.25, 0.3) is 0 Å². The molecular weight excluding hydrogens is 192 g/mol. The lowest BCUT2D eigenvalue weighted by atomic mass is 10.5. The number of thiocarbonyl (C=S) groups is 2. The minimum atomic E-state index is 0.493. The van der Waals surface area contributed by atoms with Crippen LogP contribution in [-0.4, -0.2) is 23.3 Å². The van der Waals surface area contributed by atoms with Gasteiger partial charge in [-0.05, 0) is 24.4 Å². The van der Waals surface area contributed by atoms with Crippen molar-refractivity contribution in [3.63, 3.8) is 0 Å². The second kappa shape index (κ2) is 7.43. The lowest BCUT2D eigenvalue weighted by Gasteiger charge is -2.07. The zero-order valence-corrected chi connectivity index (χ0v) is 9.09. The average molecular weight is 206 g/mol. The lowest BCUT2D eigenvalue weighted by Crippen LogP contribution is -2.10. The van der Waals surface area contributed by atoms with Crippen molar-refractivity contribution in [2.24, 2.45) is 0 Å². The van der Waals surface area contributed by atoms with Gasteiger partial charge in [0.15, 0.2) is 10.1 Å². The predicted octanol–water partition coefficient (Wildman–Crippen LogP) is 2.49. The number of ether oxygens (including phenoxy) is 2. The SMILES string of the molecule is CCC(=S)OCCOC(=S)CC. The van der Waals surface area contributed by atoms with E-state index in [0.717, 1.165) is 12.8 Å². The lowest BCUT2D eigenvalue weighted by molar-refractivity contribution is 0.203. The minimum Gasteiger partial charge on any atom is -0.484 e. The van der Waals surface area contributed by atoms with Crippen LogP contribution in [0.2, 0.25) is 0 Å². The van der Waals surface area contributed by atoms with Gasteiger partial charge in [0.2, 0.25) is 0 Å². The molecule has 0 aromatic heterocycles. The van der Waals surface area contributed by atoms with Crippen molar-refractivity contribution in [3.8, 4) is 0 Å². The third-order valence-corrected chi connectivity index (χ3v) is 2.00. The van der Waals surface area contributed by atoms with Crippen LogP contribution in [-0.2, 0) is 9.47 Å². The summed E-state index contributed by atoms with van der Waals surface area (Å²) >= 11 is 9.70. The molecule has 0 aromatic rings. The highest BCUT2D eigenvalue weighted by Gasteiger charge is 1.95. The first-order chi connectivity index (χ1) is 5.70. The molecular formula is C8H14O2S2. The van der Waals surface area contributed by atoms with E-state index in [1.165, 1.54) is 0 Å². The van der Waals surface area contributed by atoms with Crippen molar-refractivity contribution >= 4 is 34.5 Å². The highest BCUT2D eigenvalue weighted by atomic mass is 32.1. The zero-order valence-electron chi connectivity index (χ0n) is 7.46. The Balaban J connectivity index is 3.21. The third kappa shape index (κ3) is 6.49. The van der Waals surface area contributed by atoms with E-state index in [1.54, 1.807) is 0 Å². The van der Waals surface area contributed by atoms with Gasteiger partial charge in [0, 0.05) is 12.8 Å². The Morgan fingerprint density at radius 2 is 1.25 bits per heavy atom. The summed E-state index contributed by atoms with van der Waals surface area (Å²) in [6, 6.07) is 0. The van der Waals surface area contributed by atoms with E-state index in [4.69, 9.17) is 33.9 Å². The summed E-state index contributed by atoms with van der Waals surface area (Å²) in [4.78, 5) is 0. The normalized spacial score (nSPS) is 9.17. The molecule has 2 nitrogen and oxygen atoms in total. The van der Waals surface area contributed by atoms with Crippen LogP contribution in [0.15, 0.2) is 0 Å². The van der Waals surface area contributed by atoms with Gasteiger partial charge in [-0.2, -0.15) is 0 Å². The highest BCUT2D eigenvalue weighted by molar-refractivity contribution is 7.80. The van der Waals surface area contributed by atoms with Gasteiger partial charge in [0.25, 0.3) is 0 Å². The predicted molar refractivity (Wildman–Crippen MR) is 57.7 cm³/mol. The Hall–Kier alpha value is -0.220. The molecule has 12 heavy (non-hydrogen) atoms. The van der Waals surface area contributed by atoms with E-state index in [-0.39, 0.29) is 0 Å². The fraction of sp³-hybridized carbons (Fsp3) is 0.750. The summed E-state index contributed by atoms with van der Waals surface area (Å²) in [5, 5.41) is 1.25.